The van der Waals surface area contributed by atoms with Gasteiger partial charge in [-0.2, -0.15) is 5.10 Å². The molecule has 1 amide bonds. The van der Waals surface area contributed by atoms with Gasteiger partial charge in [-0.1, -0.05) is 12.1 Å². The Kier molecular flexibility index (Phi) is 5.44. The molecule has 7 heteroatoms. The van der Waals surface area contributed by atoms with Crippen LogP contribution in [-0.4, -0.2) is 45.7 Å². The molecule has 2 heterocycles. The molecule has 0 saturated carbocycles. The molecule has 28 heavy (non-hydrogen) atoms. The van der Waals surface area contributed by atoms with E-state index in [0.29, 0.717) is 23.3 Å². The summed E-state index contributed by atoms with van der Waals surface area (Å²) in [6.07, 6.45) is 1.70. The number of nitrogens with zero attached hydrogens (tertiary/aromatic N) is 4. The number of methoxy groups -OCH3 is 1. The molecular weight excluding hydrogens is 356 g/mol. The van der Waals surface area contributed by atoms with Crippen LogP contribution in [0.5, 0.6) is 0 Å². The van der Waals surface area contributed by atoms with Crippen LogP contribution >= 0.6 is 0 Å². The molecule has 146 valence electrons. The third-order valence-corrected chi connectivity index (χ3v) is 4.56. The first-order chi connectivity index (χ1) is 13.3. The Morgan fingerprint density at radius 2 is 1.89 bits per heavy atom. The fourth-order valence-electron chi connectivity index (χ4n) is 3.11. The Morgan fingerprint density at radius 1 is 1.21 bits per heavy atom. The van der Waals surface area contributed by atoms with Crippen molar-refractivity contribution in [3.63, 3.8) is 0 Å². The highest BCUT2D eigenvalue weighted by Crippen LogP contribution is 2.22. The summed E-state index contributed by atoms with van der Waals surface area (Å²) >= 11 is 0. The predicted octanol–water partition coefficient (Wildman–Crippen LogP) is 3.38. The average molecular weight is 380 g/mol. The minimum absolute atomic E-state index is 0.101. The second-order valence-electron chi connectivity index (χ2n) is 7.08. The van der Waals surface area contributed by atoms with E-state index in [1.807, 2.05) is 37.6 Å². The lowest BCUT2D eigenvalue weighted by atomic mass is 10.1. The zero-order valence-corrected chi connectivity index (χ0v) is 16.8. The van der Waals surface area contributed by atoms with Gasteiger partial charge in [0.05, 0.1) is 29.8 Å². The van der Waals surface area contributed by atoms with Gasteiger partial charge >= 0.3 is 5.97 Å². The average Bonchev–Trinajstić information content (AvgIpc) is 3.10. The number of hydrogen-bond donors (Lipinski definition) is 0. The largest absolute Gasteiger partial charge is 0.465 e. The molecule has 0 atom stereocenters. The van der Waals surface area contributed by atoms with Gasteiger partial charge in [0.15, 0.2) is 5.65 Å². The molecule has 0 radical (unpaired) electrons. The van der Waals surface area contributed by atoms with Crippen LogP contribution in [0.15, 0.2) is 36.5 Å². The third kappa shape index (κ3) is 3.74. The van der Waals surface area contributed by atoms with Gasteiger partial charge in [-0.25, -0.2) is 14.5 Å². The van der Waals surface area contributed by atoms with Crippen molar-refractivity contribution in [2.75, 3.05) is 14.2 Å². The first kappa shape index (κ1) is 19.5. The van der Waals surface area contributed by atoms with Crippen molar-refractivity contribution < 1.29 is 14.3 Å². The maximum atomic E-state index is 13.1. The SMILES string of the molecule is COC(=O)c1ccc(CN(C)C(=O)c2cc(C)nc3c2cnn3C(C)C)cc1. The summed E-state index contributed by atoms with van der Waals surface area (Å²) in [5.74, 6) is -0.483. The Hall–Kier alpha value is -3.22. The van der Waals surface area contributed by atoms with Gasteiger partial charge in [0.1, 0.15) is 0 Å². The van der Waals surface area contributed by atoms with E-state index in [1.165, 1.54) is 7.11 Å². The molecule has 0 aliphatic carbocycles. The minimum Gasteiger partial charge on any atom is -0.465 e. The van der Waals surface area contributed by atoms with Crippen LogP contribution in [0.4, 0.5) is 0 Å². The summed E-state index contributed by atoms with van der Waals surface area (Å²) in [7, 11) is 3.10. The van der Waals surface area contributed by atoms with E-state index in [-0.39, 0.29) is 17.9 Å². The zero-order valence-electron chi connectivity index (χ0n) is 16.8. The minimum atomic E-state index is -0.382. The summed E-state index contributed by atoms with van der Waals surface area (Å²) in [5.41, 5.74) is 3.47. The molecule has 0 N–H and O–H groups in total. The third-order valence-electron chi connectivity index (χ3n) is 4.56. The van der Waals surface area contributed by atoms with E-state index in [4.69, 9.17) is 4.74 Å². The van der Waals surface area contributed by atoms with Crippen molar-refractivity contribution in [2.45, 2.75) is 33.4 Å². The number of carbonyl (C=O) groups excluding carboxylic acids is 2. The second-order valence-corrected chi connectivity index (χ2v) is 7.08. The number of rotatable bonds is 5. The quantitative estimate of drug-likeness (QED) is 0.634. The zero-order chi connectivity index (χ0) is 20.4. The maximum absolute atomic E-state index is 13.1. The molecule has 0 unspecified atom stereocenters. The van der Waals surface area contributed by atoms with Crippen LogP contribution < -0.4 is 0 Å². The fraction of sp³-hybridized carbons (Fsp3) is 0.333. The lowest BCUT2D eigenvalue weighted by molar-refractivity contribution is 0.0600. The molecule has 0 aliphatic rings. The number of aromatic nitrogens is 3. The predicted molar refractivity (Wildman–Crippen MR) is 106 cm³/mol. The van der Waals surface area contributed by atoms with E-state index in [1.54, 1.807) is 36.3 Å². The molecule has 7 nitrogen and oxygen atoms in total. The Balaban J connectivity index is 1.86. The molecule has 2 aromatic heterocycles. The van der Waals surface area contributed by atoms with E-state index >= 15 is 0 Å². The monoisotopic (exact) mass is 380 g/mol. The lowest BCUT2D eigenvalue weighted by Crippen LogP contribution is -2.26. The van der Waals surface area contributed by atoms with Gasteiger partial charge in [-0.05, 0) is 44.5 Å². The number of pyridine rings is 1. The smallest absolute Gasteiger partial charge is 0.337 e. The van der Waals surface area contributed by atoms with Crippen molar-refractivity contribution in [3.8, 4) is 0 Å². The van der Waals surface area contributed by atoms with Gasteiger partial charge < -0.3 is 9.64 Å². The van der Waals surface area contributed by atoms with Crippen molar-refractivity contribution in [3.05, 3.63) is 58.9 Å². The first-order valence-corrected chi connectivity index (χ1v) is 9.09. The number of fused-ring (bicyclic) bond motifs is 1. The number of hydrogen-bond acceptors (Lipinski definition) is 5. The molecule has 1 aromatic carbocycles. The first-order valence-electron chi connectivity index (χ1n) is 9.09. The van der Waals surface area contributed by atoms with Crippen molar-refractivity contribution in [1.82, 2.24) is 19.7 Å². The van der Waals surface area contributed by atoms with Gasteiger partial charge in [0.25, 0.3) is 5.91 Å². The topological polar surface area (TPSA) is 77.3 Å². The van der Waals surface area contributed by atoms with Gasteiger partial charge in [-0.15, -0.1) is 0 Å². The molecule has 3 aromatic rings. The molecule has 0 bridgehead atoms. The Labute approximate surface area is 163 Å². The molecule has 0 saturated heterocycles. The van der Waals surface area contributed by atoms with Crippen LogP contribution in [0.2, 0.25) is 0 Å². The fourth-order valence-corrected chi connectivity index (χ4v) is 3.11. The van der Waals surface area contributed by atoms with E-state index in [9.17, 15) is 9.59 Å². The van der Waals surface area contributed by atoms with Crippen molar-refractivity contribution >= 4 is 22.9 Å². The van der Waals surface area contributed by atoms with Crippen LogP contribution in [0.1, 0.15) is 51.9 Å². The summed E-state index contributed by atoms with van der Waals surface area (Å²) < 4.78 is 6.53. The highest BCUT2D eigenvalue weighted by atomic mass is 16.5. The molecule has 0 aliphatic heterocycles. The lowest BCUT2D eigenvalue weighted by Gasteiger charge is -2.18. The van der Waals surface area contributed by atoms with Crippen molar-refractivity contribution in [1.29, 1.82) is 0 Å². The number of aryl methyl sites for hydroxylation is 1. The normalized spacial score (nSPS) is 11.1. The molecular formula is C21H24N4O3. The van der Waals surface area contributed by atoms with Crippen LogP contribution in [0.25, 0.3) is 11.0 Å². The summed E-state index contributed by atoms with van der Waals surface area (Å²) in [6.45, 7) is 6.35. The second kappa shape index (κ2) is 7.80. The van der Waals surface area contributed by atoms with E-state index in [0.717, 1.165) is 16.6 Å². The van der Waals surface area contributed by atoms with E-state index in [2.05, 4.69) is 10.1 Å². The number of amides is 1. The van der Waals surface area contributed by atoms with Gasteiger partial charge in [0, 0.05) is 25.3 Å². The highest BCUT2D eigenvalue weighted by Gasteiger charge is 2.20. The summed E-state index contributed by atoms with van der Waals surface area (Å²) in [6, 6.07) is 8.98. The summed E-state index contributed by atoms with van der Waals surface area (Å²) in [5, 5.41) is 5.14. The van der Waals surface area contributed by atoms with Crippen LogP contribution in [0, 0.1) is 6.92 Å². The molecule has 3 rings (SSSR count). The standard InChI is InChI=1S/C21H24N4O3/c1-13(2)25-19-18(11-22-25)17(10-14(3)23-19)20(26)24(4)12-15-6-8-16(9-7-15)21(27)28-5/h6-11,13H,12H2,1-5H3. The van der Waals surface area contributed by atoms with Gasteiger partial charge in [0.2, 0.25) is 0 Å². The van der Waals surface area contributed by atoms with Gasteiger partial charge in [-0.3, -0.25) is 4.79 Å². The molecule has 0 spiro atoms. The van der Waals surface area contributed by atoms with Crippen LogP contribution in [0.3, 0.4) is 0 Å². The van der Waals surface area contributed by atoms with E-state index < -0.39 is 0 Å². The maximum Gasteiger partial charge on any atom is 0.337 e. The Morgan fingerprint density at radius 3 is 2.50 bits per heavy atom. The number of ether oxygens (including phenoxy) is 1. The number of esters is 1. The highest BCUT2D eigenvalue weighted by molar-refractivity contribution is 6.05. The molecule has 0 fully saturated rings. The number of carbonyl (C=O) groups is 2. The van der Waals surface area contributed by atoms with Crippen LogP contribution in [-0.2, 0) is 11.3 Å². The summed E-state index contributed by atoms with van der Waals surface area (Å²) in [4.78, 5) is 30.9. The van der Waals surface area contributed by atoms with Crippen molar-refractivity contribution in [2.24, 2.45) is 0 Å². The Bertz CT molecular complexity index is 1020. The number of benzene rings is 1.